The van der Waals surface area contributed by atoms with Crippen LogP contribution in [0.5, 0.6) is 0 Å². The summed E-state index contributed by atoms with van der Waals surface area (Å²) in [7, 11) is 0. The Morgan fingerprint density at radius 2 is 2.21 bits per heavy atom. The number of hydrogen-bond donors (Lipinski definition) is 1. The summed E-state index contributed by atoms with van der Waals surface area (Å²) in [5, 5.41) is 2.71. The fourth-order valence-electron chi connectivity index (χ4n) is 1.44. The van der Waals surface area contributed by atoms with Crippen LogP contribution in [0.15, 0.2) is 30.9 Å². The molecule has 1 aromatic carbocycles. The van der Waals surface area contributed by atoms with Crippen LogP contribution in [0, 0.1) is 0 Å². The highest BCUT2D eigenvalue weighted by Gasteiger charge is 2.11. The number of amides is 1. The zero-order valence-corrected chi connectivity index (χ0v) is 7.75. The van der Waals surface area contributed by atoms with Crippen molar-refractivity contribution in [1.82, 2.24) is 0 Å². The predicted molar refractivity (Wildman–Crippen MR) is 53.8 cm³/mol. The van der Waals surface area contributed by atoms with Gasteiger partial charge in [-0.1, -0.05) is 12.6 Å². The highest BCUT2D eigenvalue weighted by atomic mass is 16.5. The number of benzene rings is 1. The minimum Gasteiger partial charge on any atom is -0.372 e. The average molecular weight is 189 g/mol. The van der Waals surface area contributed by atoms with Crippen LogP contribution in [0.4, 0.5) is 5.69 Å². The van der Waals surface area contributed by atoms with E-state index in [1.807, 2.05) is 18.2 Å². The molecule has 0 bridgehead atoms. The van der Waals surface area contributed by atoms with Gasteiger partial charge in [-0.3, -0.25) is 4.79 Å². The normalized spacial score (nSPS) is 13.4. The van der Waals surface area contributed by atoms with Gasteiger partial charge in [-0.05, 0) is 29.3 Å². The first-order valence-electron chi connectivity index (χ1n) is 4.42. The van der Waals surface area contributed by atoms with Gasteiger partial charge in [0.1, 0.15) is 0 Å². The van der Waals surface area contributed by atoms with Gasteiger partial charge in [0.2, 0.25) is 5.91 Å². The standard InChI is InChI=1S/C11H11NO2/c1-2-11(13)12-10-4-3-8-6-14-7-9(8)5-10/h2-5H,1,6-7H2,(H,12,13). The molecule has 0 fully saturated rings. The second-order valence-corrected chi connectivity index (χ2v) is 3.17. The Balaban J connectivity index is 2.20. The van der Waals surface area contributed by atoms with Gasteiger partial charge in [-0.15, -0.1) is 0 Å². The summed E-state index contributed by atoms with van der Waals surface area (Å²) in [4.78, 5) is 11.0. The molecule has 1 N–H and O–H groups in total. The molecular weight excluding hydrogens is 178 g/mol. The van der Waals surface area contributed by atoms with Crippen molar-refractivity contribution in [3.8, 4) is 0 Å². The summed E-state index contributed by atoms with van der Waals surface area (Å²) < 4.78 is 5.27. The van der Waals surface area contributed by atoms with Gasteiger partial charge in [-0.25, -0.2) is 0 Å². The van der Waals surface area contributed by atoms with Crippen LogP contribution in [0.1, 0.15) is 11.1 Å². The zero-order chi connectivity index (χ0) is 9.97. The summed E-state index contributed by atoms with van der Waals surface area (Å²) in [6, 6.07) is 5.78. The molecule has 0 aromatic heterocycles. The summed E-state index contributed by atoms with van der Waals surface area (Å²) >= 11 is 0. The third-order valence-corrected chi connectivity index (χ3v) is 2.17. The van der Waals surface area contributed by atoms with E-state index in [-0.39, 0.29) is 5.91 Å². The van der Waals surface area contributed by atoms with E-state index >= 15 is 0 Å². The van der Waals surface area contributed by atoms with Crippen LogP contribution in [-0.4, -0.2) is 5.91 Å². The number of ether oxygens (including phenoxy) is 1. The molecule has 2 rings (SSSR count). The molecule has 3 nitrogen and oxygen atoms in total. The van der Waals surface area contributed by atoms with Gasteiger partial charge in [0, 0.05) is 5.69 Å². The zero-order valence-electron chi connectivity index (χ0n) is 7.75. The van der Waals surface area contributed by atoms with Gasteiger partial charge in [0.15, 0.2) is 0 Å². The van der Waals surface area contributed by atoms with Crippen molar-refractivity contribution in [2.24, 2.45) is 0 Å². The van der Waals surface area contributed by atoms with Crippen molar-refractivity contribution in [1.29, 1.82) is 0 Å². The van der Waals surface area contributed by atoms with Gasteiger partial charge < -0.3 is 10.1 Å². The van der Waals surface area contributed by atoms with Gasteiger partial charge in [0.05, 0.1) is 13.2 Å². The summed E-state index contributed by atoms with van der Waals surface area (Å²) in [5.41, 5.74) is 3.13. The number of hydrogen-bond acceptors (Lipinski definition) is 2. The van der Waals surface area contributed by atoms with Crippen LogP contribution < -0.4 is 5.32 Å². The third kappa shape index (κ3) is 1.67. The van der Waals surface area contributed by atoms with Gasteiger partial charge in [-0.2, -0.15) is 0 Å². The van der Waals surface area contributed by atoms with Crippen molar-refractivity contribution in [3.05, 3.63) is 42.0 Å². The van der Waals surface area contributed by atoms with Gasteiger partial charge >= 0.3 is 0 Å². The fourth-order valence-corrected chi connectivity index (χ4v) is 1.44. The lowest BCUT2D eigenvalue weighted by Gasteiger charge is -2.03. The maximum Gasteiger partial charge on any atom is 0.247 e. The van der Waals surface area contributed by atoms with Crippen molar-refractivity contribution in [3.63, 3.8) is 0 Å². The molecule has 3 heteroatoms. The maximum absolute atomic E-state index is 11.0. The van der Waals surface area contributed by atoms with Gasteiger partial charge in [0.25, 0.3) is 0 Å². The maximum atomic E-state index is 11.0. The second kappa shape index (κ2) is 3.64. The molecule has 0 spiro atoms. The minimum absolute atomic E-state index is 0.191. The molecule has 1 amide bonds. The highest BCUT2D eigenvalue weighted by Crippen LogP contribution is 2.22. The Labute approximate surface area is 82.4 Å². The van der Waals surface area contributed by atoms with E-state index in [9.17, 15) is 4.79 Å². The average Bonchev–Trinajstić information content (AvgIpc) is 2.64. The molecule has 1 heterocycles. The molecule has 14 heavy (non-hydrogen) atoms. The smallest absolute Gasteiger partial charge is 0.247 e. The van der Waals surface area contributed by atoms with Crippen LogP contribution in [0.25, 0.3) is 0 Å². The summed E-state index contributed by atoms with van der Waals surface area (Å²) in [5.74, 6) is -0.191. The number of anilines is 1. The molecular formula is C11H11NO2. The molecule has 1 aromatic rings. The Morgan fingerprint density at radius 1 is 1.43 bits per heavy atom. The Morgan fingerprint density at radius 3 is 3.00 bits per heavy atom. The highest BCUT2D eigenvalue weighted by molar-refractivity contribution is 5.98. The Bertz CT molecular complexity index is 385. The molecule has 0 saturated heterocycles. The Kier molecular flexibility index (Phi) is 2.33. The lowest BCUT2D eigenvalue weighted by molar-refractivity contribution is -0.111. The number of fused-ring (bicyclic) bond motifs is 1. The quantitative estimate of drug-likeness (QED) is 0.721. The van der Waals surface area contributed by atoms with Crippen LogP contribution in [0.2, 0.25) is 0 Å². The topological polar surface area (TPSA) is 38.3 Å². The molecule has 0 unspecified atom stereocenters. The largest absolute Gasteiger partial charge is 0.372 e. The van der Waals surface area contributed by atoms with Crippen LogP contribution >= 0.6 is 0 Å². The molecule has 0 radical (unpaired) electrons. The van der Waals surface area contributed by atoms with Crippen molar-refractivity contribution >= 4 is 11.6 Å². The van der Waals surface area contributed by atoms with E-state index in [1.54, 1.807) is 0 Å². The molecule has 72 valence electrons. The molecule has 0 aliphatic carbocycles. The van der Waals surface area contributed by atoms with Crippen molar-refractivity contribution in [2.75, 3.05) is 5.32 Å². The van der Waals surface area contributed by atoms with E-state index in [4.69, 9.17) is 4.74 Å². The first kappa shape index (κ1) is 8.97. The Hall–Kier alpha value is -1.61. The number of carbonyl (C=O) groups is 1. The second-order valence-electron chi connectivity index (χ2n) is 3.17. The molecule has 1 aliphatic heterocycles. The van der Waals surface area contributed by atoms with Crippen molar-refractivity contribution < 1.29 is 9.53 Å². The first-order valence-corrected chi connectivity index (χ1v) is 4.42. The van der Waals surface area contributed by atoms with E-state index in [1.165, 1.54) is 11.6 Å². The molecule has 1 aliphatic rings. The number of carbonyl (C=O) groups excluding carboxylic acids is 1. The third-order valence-electron chi connectivity index (χ3n) is 2.17. The van der Waals surface area contributed by atoms with E-state index in [0.717, 1.165) is 11.3 Å². The lowest BCUT2D eigenvalue weighted by Crippen LogP contribution is -2.07. The SMILES string of the molecule is C=CC(=O)Nc1ccc2c(c1)COC2. The van der Waals surface area contributed by atoms with E-state index < -0.39 is 0 Å². The minimum atomic E-state index is -0.191. The predicted octanol–water partition coefficient (Wildman–Crippen LogP) is 1.84. The van der Waals surface area contributed by atoms with E-state index in [2.05, 4.69) is 11.9 Å². The van der Waals surface area contributed by atoms with Crippen molar-refractivity contribution in [2.45, 2.75) is 13.2 Å². The summed E-state index contributed by atoms with van der Waals surface area (Å²) in [6.07, 6.45) is 1.25. The van der Waals surface area contributed by atoms with E-state index in [0.29, 0.717) is 13.2 Å². The number of nitrogens with one attached hydrogen (secondary N) is 1. The van der Waals surface area contributed by atoms with Crippen LogP contribution in [-0.2, 0) is 22.7 Å². The first-order chi connectivity index (χ1) is 6.79. The summed E-state index contributed by atoms with van der Waals surface area (Å²) in [6.45, 7) is 4.70. The molecule has 0 atom stereocenters. The fraction of sp³-hybridized carbons (Fsp3) is 0.182. The monoisotopic (exact) mass is 189 g/mol. The number of rotatable bonds is 2. The molecule has 0 saturated carbocycles. The van der Waals surface area contributed by atoms with Crippen LogP contribution in [0.3, 0.4) is 0 Å². The lowest BCUT2D eigenvalue weighted by atomic mass is 10.1.